The third-order valence-corrected chi connectivity index (χ3v) is 11.1. The molecule has 0 unspecified atom stereocenters. The number of ether oxygens (including phenoxy) is 2. The number of ketones is 1. The van der Waals surface area contributed by atoms with Crippen molar-refractivity contribution in [3.8, 4) is 0 Å². The van der Waals surface area contributed by atoms with Gasteiger partial charge in [-0.15, -0.1) is 0 Å². The number of carbonyl (C=O) groups is 2. The maximum atomic E-state index is 13.5. The second-order valence-electron chi connectivity index (χ2n) is 9.66. The Bertz CT molecular complexity index is 620. The molecule has 2 aliphatic rings. The Morgan fingerprint density at radius 1 is 1.35 bits per heavy atom. The SMILES string of the molecule is C=C(C)[C@H]1C[C@H](O[Si](C)(C)C(C)(C)C)[C@@]2(C)OC[C@@]1(COC(C)=O)C2=O. The van der Waals surface area contributed by atoms with E-state index in [2.05, 4.69) is 40.4 Å². The molecule has 4 atom stereocenters. The summed E-state index contributed by atoms with van der Waals surface area (Å²) in [4.78, 5) is 24.9. The number of allylic oxidation sites excluding steroid dienone is 1. The Kier molecular flexibility index (Phi) is 5.38. The van der Waals surface area contributed by atoms with E-state index in [1.54, 1.807) is 0 Å². The first-order chi connectivity index (χ1) is 11.7. The standard InChI is InChI=1S/C20H34O5Si/c1-13(2)15-10-16(25-26(8,9)18(4,5)6)19(7)17(22)20(15,12-24-19)11-23-14(3)21/h15-16H,1,10-12H2,2-9H3/t15-,16+,19-,20-/m1/s1. The number of fused-ring (bicyclic) bond motifs is 2. The van der Waals surface area contributed by atoms with Crippen molar-refractivity contribution in [2.75, 3.05) is 13.2 Å². The van der Waals surface area contributed by atoms with Crippen LogP contribution < -0.4 is 0 Å². The number of esters is 1. The molecule has 0 aromatic carbocycles. The summed E-state index contributed by atoms with van der Waals surface area (Å²) in [6, 6.07) is 0. The van der Waals surface area contributed by atoms with E-state index in [1.807, 2.05) is 13.8 Å². The summed E-state index contributed by atoms with van der Waals surface area (Å²) < 4.78 is 18.0. The molecule has 1 aliphatic carbocycles. The van der Waals surface area contributed by atoms with Crippen LogP contribution in [0.2, 0.25) is 18.1 Å². The van der Waals surface area contributed by atoms with Crippen LogP contribution in [-0.4, -0.2) is 45.0 Å². The van der Waals surface area contributed by atoms with Gasteiger partial charge in [0, 0.05) is 6.92 Å². The van der Waals surface area contributed by atoms with Gasteiger partial charge >= 0.3 is 5.97 Å². The van der Waals surface area contributed by atoms with E-state index >= 15 is 0 Å². The van der Waals surface area contributed by atoms with E-state index in [0.29, 0.717) is 6.42 Å². The van der Waals surface area contributed by atoms with Crippen LogP contribution in [0, 0.1) is 11.3 Å². The number of hydrogen-bond acceptors (Lipinski definition) is 5. The fourth-order valence-corrected chi connectivity index (χ4v) is 5.26. The van der Waals surface area contributed by atoms with E-state index in [9.17, 15) is 9.59 Å². The highest BCUT2D eigenvalue weighted by Gasteiger charge is 2.68. The van der Waals surface area contributed by atoms with Crippen molar-refractivity contribution < 1.29 is 23.5 Å². The molecule has 5 nitrogen and oxygen atoms in total. The van der Waals surface area contributed by atoms with Crippen molar-refractivity contribution in [2.45, 2.75) is 77.8 Å². The average molecular weight is 383 g/mol. The first kappa shape index (κ1) is 21.3. The van der Waals surface area contributed by atoms with Gasteiger partial charge in [-0.3, -0.25) is 9.59 Å². The summed E-state index contributed by atoms with van der Waals surface area (Å²) in [5.41, 5.74) is -0.942. The van der Waals surface area contributed by atoms with Gasteiger partial charge in [-0.1, -0.05) is 32.9 Å². The first-order valence-electron chi connectivity index (χ1n) is 9.33. The first-order valence-corrected chi connectivity index (χ1v) is 12.2. The van der Waals surface area contributed by atoms with Crippen molar-refractivity contribution in [1.82, 2.24) is 0 Å². The maximum Gasteiger partial charge on any atom is 0.302 e. The molecule has 0 N–H and O–H groups in total. The monoisotopic (exact) mass is 382 g/mol. The molecule has 0 amide bonds. The molecular formula is C20H34O5Si. The minimum absolute atomic E-state index is 0.0193. The van der Waals surface area contributed by atoms with Crippen LogP contribution in [-0.2, 0) is 23.5 Å². The summed E-state index contributed by atoms with van der Waals surface area (Å²) in [6.07, 6.45) is 0.344. The molecule has 6 heteroatoms. The van der Waals surface area contributed by atoms with Crippen LogP contribution in [0.3, 0.4) is 0 Å². The Balaban J connectivity index is 2.40. The molecule has 0 spiro atoms. The predicted molar refractivity (Wildman–Crippen MR) is 103 cm³/mol. The molecule has 1 saturated carbocycles. The molecule has 0 aromatic heterocycles. The molecule has 1 saturated heterocycles. The normalized spacial score (nSPS) is 34.7. The van der Waals surface area contributed by atoms with Gasteiger partial charge in [-0.05, 0) is 44.3 Å². The van der Waals surface area contributed by atoms with Crippen molar-refractivity contribution in [3.05, 3.63) is 12.2 Å². The zero-order valence-corrected chi connectivity index (χ0v) is 18.5. The lowest BCUT2D eigenvalue weighted by Gasteiger charge is -2.48. The zero-order valence-electron chi connectivity index (χ0n) is 17.5. The fraction of sp³-hybridized carbons (Fsp3) is 0.800. The van der Waals surface area contributed by atoms with Crippen molar-refractivity contribution >= 4 is 20.1 Å². The van der Waals surface area contributed by atoms with Gasteiger partial charge in [0.1, 0.15) is 12.2 Å². The van der Waals surface area contributed by atoms with Gasteiger partial charge in [0.15, 0.2) is 14.1 Å². The van der Waals surface area contributed by atoms with Gasteiger partial charge in [-0.25, -0.2) is 0 Å². The molecule has 1 heterocycles. The summed E-state index contributed by atoms with van der Waals surface area (Å²) in [6.45, 7) is 20.4. The lowest BCUT2D eigenvalue weighted by atomic mass is 9.60. The summed E-state index contributed by atoms with van der Waals surface area (Å²) in [7, 11) is -2.08. The highest BCUT2D eigenvalue weighted by molar-refractivity contribution is 6.74. The van der Waals surface area contributed by atoms with Crippen LogP contribution in [0.1, 0.15) is 48.0 Å². The Hall–Kier alpha value is -0.983. The molecule has 1 aliphatic heterocycles. The summed E-state index contributed by atoms with van der Waals surface area (Å²) in [5, 5.41) is 0.0377. The molecule has 2 fully saturated rings. The largest absolute Gasteiger partial charge is 0.465 e. The van der Waals surface area contributed by atoms with Crippen molar-refractivity contribution in [3.63, 3.8) is 0 Å². The molecule has 2 bridgehead atoms. The lowest BCUT2D eigenvalue weighted by molar-refractivity contribution is -0.157. The maximum absolute atomic E-state index is 13.5. The van der Waals surface area contributed by atoms with Gasteiger partial charge in [0.05, 0.1) is 18.1 Å². The van der Waals surface area contributed by atoms with E-state index in [0.717, 1.165) is 5.57 Å². The van der Waals surface area contributed by atoms with E-state index in [4.69, 9.17) is 13.9 Å². The Morgan fingerprint density at radius 3 is 2.38 bits per heavy atom. The quantitative estimate of drug-likeness (QED) is 0.410. The van der Waals surface area contributed by atoms with Gasteiger partial charge in [-0.2, -0.15) is 0 Å². The highest BCUT2D eigenvalue weighted by atomic mass is 28.4. The summed E-state index contributed by atoms with van der Waals surface area (Å²) in [5.74, 6) is -0.533. The van der Waals surface area contributed by atoms with Gasteiger partial charge < -0.3 is 13.9 Å². The fourth-order valence-electron chi connectivity index (χ4n) is 3.87. The third-order valence-electron chi connectivity index (χ3n) is 6.63. The molecule has 148 valence electrons. The van der Waals surface area contributed by atoms with E-state index < -0.39 is 19.3 Å². The van der Waals surface area contributed by atoms with Gasteiger partial charge in [0.2, 0.25) is 0 Å². The number of hydrogen-bond donors (Lipinski definition) is 0. The Morgan fingerprint density at radius 2 is 1.92 bits per heavy atom. The minimum Gasteiger partial charge on any atom is -0.465 e. The zero-order chi connectivity index (χ0) is 20.1. The van der Waals surface area contributed by atoms with Crippen molar-refractivity contribution in [2.24, 2.45) is 11.3 Å². The number of rotatable bonds is 5. The second kappa shape index (κ2) is 6.57. The van der Waals surface area contributed by atoms with Crippen LogP contribution in [0.15, 0.2) is 12.2 Å². The number of Topliss-reactive ketones (excluding diaryl/α,β-unsaturated/α-hetero) is 1. The smallest absolute Gasteiger partial charge is 0.302 e. The van der Waals surface area contributed by atoms with Crippen LogP contribution >= 0.6 is 0 Å². The highest BCUT2D eigenvalue weighted by Crippen LogP contribution is 2.54. The molecular weight excluding hydrogens is 348 g/mol. The predicted octanol–water partition coefficient (Wildman–Crippen LogP) is 3.88. The molecule has 0 aromatic rings. The molecule has 2 rings (SSSR count). The van der Waals surface area contributed by atoms with Gasteiger partial charge in [0.25, 0.3) is 0 Å². The van der Waals surface area contributed by atoms with E-state index in [-0.39, 0.29) is 42.0 Å². The lowest BCUT2D eigenvalue weighted by Crippen LogP contribution is -2.61. The van der Waals surface area contributed by atoms with Crippen LogP contribution in [0.4, 0.5) is 0 Å². The molecule has 0 radical (unpaired) electrons. The van der Waals surface area contributed by atoms with Crippen LogP contribution in [0.5, 0.6) is 0 Å². The Labute approximate surface area is 158 Å². The number of carbonyl (C=O) groups excluding carboxylic acids is 2. The average Bonchev–Trinajstić information content (AvgIpc) is 2.66. The van der Waals surface area contributed by atoms with E-state index in [1.165, 1.54) is 6.92 Å². The third kappa shape index (κ3) is 3.31. The minimum atomic E-state index is -2.08. The topological polar surface area (TPSA) is 61.8 Å². The summed E-state index contributed by atoms with van der Waals surface area (Å²) >= 11 is 0. The van der Waals surface area contributed by atoms with Crippen molar-refractivity contribution in [1.29, 1.82) is 0 Å². The molecule has 26 heavy (non-hydrogen) atoms. The second-order valence-corrected chi connectivity index (χ2v) is 14.4. The van der Waals surface area contributed by atoms with Crippen LogP contribution in [0.25, 0.3) is 0 Å².